The van der Waals surface area contributed by atoms with E-state index < -0.39 is 0 Å². The molecule has 0 atom stereocenters. The van der Waals surface area contributed by atoms with Crippen molar-refractivity contribution in [2.45, 2.75) is 39.5 Å². The summed E-state index contributed by atoms with van der Waals surface area (Å²) in [5, 5.41) is 0. The molecule has 0 bridgehead atoms. The smallest absolute Gasteiger partial charge is 0.371 e. The van der Waals surface area contributed by atoms with E-state index in [1.54, 1.807) is 6.20 Å². The van der Waals surface area contributed by atoms with E-state index in [0.29, 0.717) is 11.8 Å². The van der Waals surface area contributed by atoms with Crippen LogP contribution in [0.4, 0.5) is 5.95 Å². The summed E-state index contributed by atoms with van der Waals surface area (Å²) < 4.78 is 0. The van der Waals surface area contributed by atoms with Crippen molar-refractivity contribution in [2.24, 2.45) is 0 Å². The molecule has 74 valence electrons. The van der Waals surface area contributed by atoms with Crippen molar-refractivity contribution in [1.82, 2.24) is 9.97 Å². The molecular formula is C11H15N3. The van der Waals surface area contributed by atoms with Crippen LogP contribution < -0.4 is 0 Å². The molecule has 0 amide bonds. The number of nitrogens with zero attached hydrogens (tertiary/aromatic N) is 3. The third kappa shape index (κ3) is 2.08. The lowest BCUT2D eigenvalue weighted by Gasteiger charge is -2.10. The summed E-state index contributed by atoms with van der Waals surface area (Å²) in [5.41, 5.74) is 2.15. The normalized spacial score (nSPS) is 10.6. The van der Waals surface area contributed by atoms with Gasteiger partial charge in [-0.2, -0.15) is 9.97 Å². The summed E-state index contributed by atoms with van der Waals surface area (Å²) >= 11 is 0. The molecule has 0 saturated carbocycles. The van der Waals surface area contributed by atoms with Crippen LogP contribution in [0.2, 0.25) is 0 Å². The number of hydrogen-bond donors (Lipinski definition) is 0. The second kappa shape index (κ2) is 4.19. The molecule has 3 nitrogen and oxygen atoms in total. The Morgan fingerprint density at radius 1 is 1.21 bits per heavy atom. The molecular weight excluding hydrogens is 174 g/mol. The van der Waals surface area contributed by atoms with Crippen molar-refractivity contribution in [1.29, 1.82) is 0 Å². The van der Waals surface area contributed by atoms with Gasteiger partial charge in [0.1, 0.15) is 5.69 Å². The molecule has 0 aliphatic heterocycles. The molecule has 0 radical (unpaired) electrons. The SMILES string of the molecule is [C-]#[N+]c1ncc(C(C)C)c(C(C)C)n1. The van der Waals surface area contributed by atoms with Gasteiger partial charge in [0.15, 0.2) is 0 Å². The Hall–Kier alpha value is -1.43. The van der Waals surface area contributed by atoms with Crippen LogP contribution in [0.25, 0.3) is 4.85 Å². The molecule has 0 aliphatic carbocycles. The Balaban J connectivity index is 3.26. The molecule has 0 fully saturated rings. The number of aromatic nitrogens is 2. The lowest BCUT2D eigenvalue weighted by Crippen LogP contribution is -2.02. The fraction of sp³-hybridized carbons (Fsp3) is 0.545. The Labute approximate surface area is 85.0 Å². The molecule has 0 aliphatic rings. The summed E-state index contributed by atoms with van der Waals surface area (Å²) in [7, 11) is 0. The third-order valence-corrected chi connectivity index (χ3v) is 2.10. The largest absolute Gasteiger partial charge is 0.394 e. The van der Waals surface area contributed by atoms with E-state index in [-0.39, 0.29) is 5.95 Å². The first-order chi connectivity index (χ1) is 6.56. The maximum Gasteiger partial charge on any atom is 0.371 e. The van der Waals surface area contributed by atoms with Crippen LogP contribution in [0.5, 0.6) is 0 Å². The molecule has 14 heavy (non-hydrogen) atoms. The average Bonchev–Trinajstić information content (AvgIpc) is 2.16. The molecule has 0 unspecified atom stereocenters. The van der Waals surface area contributed by atoms with Gasteiger partial charge in [0, 0.05) is 11.5 Å². The predicted molar refractivity (Wildman–Crippen MR) is 56.5 cm³/mol. The quantitative estimate of drug-likeness (QED) is 0.668. The Morgan fingerprint density at radius 3 is 2.29 bits per heavy atom. The first kappa shape index (κ1) is 10.6. The maximum atomic E-state index is 6.86. The van der Waals surface area contributed by atoms with Crippen molar-refractivity contribution < 1.29 is 0 Å². The second-order valence-corrected chi connectivity index (χ2v) is 3.93. The lowest BCUT2D eigenvalue weighted by atomic mass is 9.97. The molecule has 0 spiro atoms. The van der Waals surface area contributed by atoms with Crippen molar-refractivity contribution >= 4 is 5.95 Å². The molecule has 1 rings (SSSR count). The minimum absolute atomic E-state index is 0.248. The fourth-order valence-corrected chi connectivity index (χ4v) is 1.36. The highest BCUT2D eigenvalue weighted by Crippen LogP contribution is 2.24. The molecule has 0 aromatic carbocycles. The highest BCUT2D eigenvalue weighted by molar-refractivity contribution is 5.33. The van der Waals surface area contributed by atoms with Gasteiger partial charge in [0.2, 0.25) is 0 Å². The third-order valence-electron chi connectivity index (χ3n) is 2.10. The van der Waals surface area contributed by atoms with Crippen LogP contribution in [-0.4, -0.2) is 9.97 Å². The Kier molecular flexibility index (Phi) is 3.19. The van der Waals surface area contributed by atoms with Crippen LogP contribution >= 0.6 is 0 Å². The highest BCUT2D eigenvalue weighted by Gasteiger charge is 2.15. The second-order valence-electron chi connectivity index (χ2n) is 3.93. The molecule has 0 N–H and O–H groups in total. The zero-order chi connectivity index (χ0) is 10.7. The van der Waals surface area contributed by atoms with Crippen molar-refractivity contribution in [3.8, 4) is 0 Å². The first-order valence-electron chi connectivity index (χ1n) is 4.80. The highest BCUT2D eigenvalue weighted by atomic mass is 15.0. The zero-order valence-electron chi connectivity index (χ0n) is 9.07. The van der Waals surface area contributed by atoms with Gasteiger partial charge in [-0.25, -0.2) is 0 Å². The van der Waals surface area contributed by atoms with E-state index in [2.05, 4.69) is 42.5 Å². The fourth-order valence-electron chi connectivity index (χ4n) is 1.36. The maximum absolute atomic E-state index is 6.86. The summed E-state index contributed by atoms with van der Waals surface area (Å²) in [4.78, 5) is 11.5. The summed E-state index contributed by atoms with van der Waals surface area (Å²) in [6, 6.07) is 0. The van der Waals surface area contributed by atoms with Crippen LogP contribution in [0, 0.1) is 6.57 Å². The Bertz CT molecular complexity index is 361. The molecule has 1 aromatic heterocycles. The van der Waals surface area contributed by atoms with Crippen LogP contribution in [0.1, 0.15) is 50.8 Å². The van der Waals surface area contributed by atoms with Gasteiger partial charge < -0.3 is 4.85 Å². The van der Waals surface area contributed by atoms with E-state index in [1.165, 1.54) is 0 Å². The van der Waals surface area contributed by atoms with E-state index >= 15 is 0 Å². The predicted octanol–water partition coefficient (Wildman–Crippen LogP) is 3.27. The van der Waals surface area contributed by atoms with Gasteiger partial charge in [-0.1, -0.05) is 27.7 Å². The van der Waals surface area contributed by atoms with Crippen molar-refractivity contribution in [2.75, 3.05) is 0 Å². The van der Waals surface area contributed by atoms with Gasteiger partial charge in [-0.05, 0) is 5.92 Å². The van der Waals surface area contributed by atoms with E-state index in [9.17, 15) is 0 Å². The molecule has 1 aromatic rings. The van der Waals surface area contributed by atoms with Gasteiger partial charge in [-0.3, -0.25) is 0 Å². The van der Waals surface area contributed by atoms with Gasteiger partial charge in [-0.15, -0.1) is 6.57 Å². The van der Waals surface area contributed by atoms with Crippen LogP contribution in [-0.2, 0) is 0 Å². The van der Waals surface area contributed by atoms with Gasteiger partial charge in [0.05, 0.1) is 6.20 Å². The topological polar surface area (TPSA) is 30.1 Å². The van der Waals surface area contributed by atoms with E-state index in [1.807, 2.05) is 0 Å². The van der Waals surface area contributed by atoms with Crippen LogP contribution in [0.3, 0.4) is 0 Å². The van der Waals surface area contributed by atoms with Crippen LogP contribution in [0.15, 0.2) is 6.20 Å². The zero-order valence-corrected chi connectivity index (χ0v) is 9.07. The molecule has 0 saturated heterocycles. The summed E-state index contributed by atoms with van der Waals surface area (Å²) in [6.45, 7) is 15.3. The minimum Gasteiger partial charge on any atom is -0.394 e. The van der Waals surface area contributed by atoms with Crippen molar-refractivity contribution in [3.63, 3.8) is 0 Å². The van der Waals surface area contributed by atoms with Gasteiger partial charge >= 0.3 is 5.95 Å². The first-order valence-corrected chi connectivity index (χ1v) is 4.80. The Morgan fingerprint density at radius 2 is 1.86 bits per heavy atom. The average molecular weight is 189 g/mol. The monoisotopic (exact) mass is 189 g/mol. The van der Waals surface area contributed by atoms with E-state index in [4.69, 9.17) is 6.57 Å². The van der Waals surface area contributed by atoms with Crippen molar-refractivity contribution in [3.05, 3.63) is 28.9 Å². The minimum atomic E-state index is 0.248. The molecule has 3 heteroatoms. The summed E-state index contributed by atoms with van der Waals surface area (Å²) in [5.74, 6) is 1.00. The number of rotatable bonds is 2. The number of hydrogen-bond acceptors (Lipinski definition) is 2. The lowest BCUT2D eigenvalue weighted by molar-refractivity contribution is 0.750. The van der Waals surface area contributed by atoms with E-state index in [0.717, 1.165) is 11.3 Å². The standard InChI is InChI=1S/C11H15N3/c1-7(2)9-6-13-11(12-5)14-10(9)8(3)4/h6-8H,1-4H3. The van der Waals surface area contributed by atoms with Gasteiger partial charge in [0.25, 0.3) is 0 Å². The summed E-state index contributed by atoms with van der Waals surface area (Å²) in [6.07, 6.45) is 1.78. The molecule has 1 heterocycles.